The van der Waals surface area contributed by atoms with Crippen molar-refractivity contribution in [3.05, 3.63) is 48.0 Å². The van der Waals surface area contributed by atoms with E-state index < -0.39 is 0 Å². The van der Waals surface area contributed by atoms with Crippen molar-refractivity contribution in [1.82, 2.24) is 0 Å². The quantitative estimate of drug-likeness (QED) is 0.493. The minimum atomic E-state index is 0.695. The Kier molecular flexibility index (Phi) is 3.89. The second-order valence-electron chi connectivity index (χ2n) is 2.75. The monoisotopic (exact) mass is 180 g/mol. The van der Waals surface area contributed by atoms with E-state index in [0.717, 1.165) is 12.8 Å². The molecule has 1 aromatic carbocycles. The van der Waals surface area contributed by atoms with Crippen LogP contribution in [0.4, 0.5) is 0 Å². The van der Waals surface area contributed by atoms with E-state index in [4.69, 9.17) is 11.6 Å². The molecule has 0 unspecified atom stereocenters. The van der Waals surface area contributed by atoms with Gasteiger partial charge in [-0.15, -0.1) is 18.2 Å². The van der Waals surface area contributed by atoms with E-state index in [0.29, 0.717) is 5.88 Å². The van der Waals surface area contributed by atoms with Crippen LogP contribution in [-0.2, 0) is 12.8 Å². The van der Waals surface area contributed by atoms with Crippen molar-refractivity contribution in [3.8, 4) is 0 Å². The van der Waals surface area contributed by atoms with Crippen molar-refractivity contribution >= 4 is 11.6 Å². The van der Waals surface area contributed by atoms with Gasteiger partial charge in [0.25, 0.3) is 0 Å². The van der Waals surface area contributed by atoms with Gasteiger partial charge in [0.2, 0.25) is 0 Å². The molecular weight excluding hydrogens is 168 g/mol. The van der Waals surface area contributed by atoms with E-state index in [2.05, 4.69) is 30.8 Å². The first-order valence-electron chi connectivity index (χ1n) is 4.11. The summed E-state index contributed by atoms with van der Waals surface area (Å²) in [7, 11) is 0. The molecular formula is C11H13Cl. The van der Waals surface area contributed by atoms with Gasteiger partial charge < -0.3 is 0 Å². The summed E-state index contributed by atoms with van der Waals surface area (Å²) in [4.78, 5) is 0. The van der Waals surface area contributed by atoms with Gasteiger partial charge in [-0.05, 0) is 24.0 Å². The Morgan fingerprint density at radius 3 is 2.25 bits per heavy atom. The van der Waals surface area contributed by atoms with Gasteiger partial charge in [-0.25, -0.2) is 0 Å². The van der Waals surface area contributed by atoms with Crippen LogP contribution >= 0.6 is 11.6 Å². The first-order chi connectivity index (χ1) is 5.86. The van der Waals surface area contributed by atoms with Crippen molar-refractivity contribution in [2.45, 2.75) is 12.8 Å². The molecule has 0 aliphatic heterocycles. The molecule has 1 rings (SSSR count). The molecule has 1 heteroatoms. The summed E-state index contributed by atoms with van der Waals surface area (Å²) in [6.07, 6.45) is 3.81. The SMILES string of the molecule is C=CCc1ccc(CCCl)cc1. The molecule has 0 bridgehead atoms. The van der Waals surface area contributed by atoms with Gasteiger partial charge in [-0.2, -0.15) is 0 Å². The number of alkyl halides is 1. The molecule has 0 atom stereocenters. The maximum atomic E-state index is 5.62. The summed E-state index contributed by atoms with van der Waals surface area (Å²) in [5.41, 5.74) is 2.61. The maximum Gasteiger partial charge on any atom is 0.0263 e. The highest BCUT2D eigenvalue weighted by molar-refractivity contribution is 6.17. The van der Waals surface area contributed by atoms with Crippen LogP contribution in [0.1, 0.15) is 11.1 Å². The van der Waals surface area contributed by atoms with Gasteiger partial charge in [-0.3, -0.25) is 0 Å². The van der Waals surface area contributed by atoms with Gasteiger partial charge in [0.05, 0.1) is 0 Å². The molecule has 12 heavy (non-hydrogen) atoms. The van der Waals surface area contributed by atoms with Gasteiger partial charge in [0.15, 0.2) is 0 Å². The largest absolute Gasteiger partial charge is 0.126 e. The van der Waals surface area contributed by atoms with Crippen LogP contribution in [0, 0.1) is 0 Å². The van der Waals surface area contributed by atoms with Crippen LogP contribution < -0.4 is 0 Å². The highest BCUT2D eigenvalue weighted by Crippen LogP contribution is 2.06. The third-order valence-electron chi connectivity index (χ3n) is 1.79. The Labute approximate surface area is 78.9 Å². The fraction of sp³-hybridized carbons (Fsp3) is 0.273. The van der Waals surface area contributed by atoms with Crippen molar-refractivity contribution < 1.29 is 0 Å². The van der Waals surface area contributed by atoms with Crippen LogP contribution in [0.5, 0.6) is 0 Å². The third kappa shape index (κ3) is 2.71. The Balaban J connectivity index is 2.64. The summed E-state index contributed by atoms with van der Waals surface area (Å²) >= 11 is 5.62. The van der Waals surface area contributed by atoms with Gasteiger partial charge >= 0.3 is 0 Å². The standard InChI is InChI=1S/C11H13Cl/c1-2-3-10-4-6-11(7-5-10)8-9-12/h2,4-7H,1,3,8-9H2. The lowest BCUT2D eigenvalue weighted by molar-refractivity contribution is 1.14. The van der Waals surface area contributed by atoms with E-state index in [-0.39, 0.29) is 0 Å². The van der Waals surface area contributed by atoms with Crippen LogP contribution in [0.2, 0.25) is 0 Å². The average molecular weight is 181 g/mol. The Hall–Kier alpha value is -0.750. The first kappa shape index (κ1) is 9.34. The maximum absolute atomic E-state index is 5.62. The number of hydrogen-bond acceptors (Lipinski definition) is 0. The summed E-state index contributed by atoms with van der Waals surface area (Å²) in [6, 6.07) is 8.51. The van der Waals surface area contributed by atoms with E-state index in [1.165, 1.54) is 11.1 Å². The van der Waals surface area contributed by atoms with Crippen LogP contribution in [0.25, 0.3) is 0 Å². The van der Waals surface area contributed by atoms with Crippen molar-refractivity contribution in [3.63, 3.8) is 0 Å². The number of halogens is 1. The van der Waals surface area contributed by atoms with E-state index >= 15 is 0 Å². The van der Waals surface area contributed by atoms with Crippen molar-refractivity contribution in [2.75, 3.05) is 5.88 Å². The predicted molar refractivity (Wildman–Crippen MR) is 54.8 cm³/mol. The fourth-order valence-corrected chi connectivity index (χ4v) is 1.34. The number of benzene rings is 1. The summed E-state index contributed by atoms with van der Waals surface area (Å²) in [6.45, 7) is 3.69. The Bertz CT molecular complexity index is 236. The number of allylic oxidation sites excluding steroid dienone is 1. The van der Waals surface area contributed by atoms with Gasteiger partial charge in [-0.1, -0.05) is 30.3 Å². The molecule has 1 aromatic rings. The Morgan fingerprint density at radius 2 is 1.75 bits per heavy atom. The van der Waals surface area contributed by atoms with E-state index in [9.17, 15) is 0 Å². The third-order valence-corrected chi connectivity index (χ3v) is 1.98. The molecule has 0 saturated carbocycles. The van der Waals surface area contributed by atoms with Gasteiger partial charge in [0.1, 0.15) is 0 Å². The fourth-order valence-electron chi connectivity index (χ4n) is 1.12. The zero-order valence-corrected chi connectivity index (χ0v) is 7.85. The number of aryl methyl sites for hydroxylation is 1. The minimum Gasteiger partial charge on any atom is -0.126 e. The highest BCUT2D eigenvalue weighted by atomic mass is 35.5. The lowest BCUT2D eigenvalue weighted by Gasteiger charge is -1.99. The molecule has 0 spiro atoms. The van der Waals surface area contributed by atoms with Crippen molar-refractivity contribution in [1.29, 1.82) is 0 Å². The zero-order chi connectivity index (χ0) is 8.81. The normalized spacial score (nSPS) is 9.75. The second-order valence-corrected chi connectivity index (χ2v) is 3.13. The molecule has 0 fully saturated rings. The molecule has 0 aliphatic rings. The predicted octanol–water partition coefficient (Wildman–Crippen LogP) is 3.20. The summed E-state index contributed by atoms with van der Waals surface area (Å²) in [5.74, 6) is 0.695. The minimum absolute atomic E-state index is 0.695. The molecule has 0 nitrogen and oxygen atoms in total. The number of rotatable bonds is 4. The molecule has 0 aliphatic carbocycles. The van der Waals surface area contributed by atoms with Crippen LogP contribution in [-0.4, -0.2) is 5.88 Å². The summed E-state index contributed by atoms with van der Waals surface area (Å²) < 4.78 is 0. The van der Waals surface area contributed by atoms with E-state index in [1.807, 2.05) is 6.08 Å². The topological polar surface area (TPSA) is 0 Å². The van der Waals surface area contributed by atoms with Crippen LogP contribution in [0.3, 0.4) is 0 Å². The lowest BCUT2D eigenvalue weighted by atomic mass is 10.1. The van der Waals surface area contributed by atoms with E-state index in [1.54, 1.807) is 0 Å². The molecule has 64 valence electrons. The van der Waals surface area contributed by atoms with Crippen molar-refractivity contribution in [2.24, 2.45) is 0 Å². The number of hydrogen-bond donors (Lipinski definition) is 0. The molecule has 0 heterocycles. The molecule has 0 N–H and O–H groups in total. The first-order valence-corrected chi connectivity index (χ1v) is 4.65. The smallest absolute Gasteiger partial charge is 0.0263 e. The second kappa shape index (κ2) is 5.00. The van der Waals surface area contributed by atoms with Gasteiger partial charge in [0, 0.05) is 5.88 Å². The Morgan fingerprint density at radius 1 is 1.17 bits per heavy atom. The summed E-state index contributed by atoms with van der Waals surface area (Å²) in [5, 5.41) is 0. The molecule has 0 aromatic heterocycles. The molecule has 0 saturated heterocycles. The lowest BCUT2D eigenvalue weighted by Crippen LogP contribution is -1.86. The zero-order valence-electron chi connectivity index (χ0n) is 7.09. The highest BCUT2D eigenvalue weighted by Gasteiger charge is 1.91. The van der Waals surface area contributed by atoms with Crippen LogP contribution in [0.15, 0.2) is 36.9 Å². The molecule has 0 amide bonds. The average Bonchev–Trinajstić information content (AvgIpc) is 2.09. The molecule has 0 radical (unpaired) electrons.